The number of carbonyl (C=O) groups excluding carboxylic acids is 1. The highest BCUT2D eigenvalue weighted by atomic mass is 35.5. The standard InChI is InChI=1S/C12H11Cl2N3O/c13-5-6-16-12(18)9(7-15)8-17-11-3-1-10(14)2-4-11/h1-4,8,17H,5-6H2,(H,16,18)/b9-8-. The van der Waals surface area contributed by atoms with E-state index in [-0.39, 0.29) is 5.57 Å². The summed E-state index contributed by atoms with van der Waals surface area (Å²) >= 11 is 11.2. The molecular weight excluding hydrogens is 273 g/mol. The van der Waals surface area contributed by atoms with Gasteiger partial charge in [-0.2, -0.15) is 5.26 Å². The highest BCUT2D eigenvalue weighted by Gasteiger charge is 2.07. The summed E-state index contributed by atoms with van der Waals surface area (Å²) in [6.07, 6.45) is 1.34. The highest BCUT2D eigenvalue weighted by Crippen LogP contribution is 2.13. The van der Waals surface area contributed by atoms with Gasteiger partial charge in [-0.1, -0.05) is 11.6 Å². The van der Waals surface area contributed by atoms with E-state index in [1.165, 1.54) is 6.20 Å². The monoisotopic (exact) mass is 283 g/mol. The van der Waals surface area contributed by atoms with Crippen molar-refractivity contribution in [2.75, 3.05) is 17.7 Å². The third kappa shape index (κ3) is 4.66. The SMILES string of the molecule is N#C/C(=C/Nc1ccc(Cl)cc1)C(=O)NCCCl. The Morgan fingerprint density at radius 1 is 1.39 bits per heavy atom. The molecule has 0 saturated carbocycles. The molecule has 4 nitrogen and oxygen atoms in total. The molecule has 0 aliphatic carbocycles. The van der Waals surface area contributed by atoms with Crippen LogP contribution in [0.4, 0.5) is 5.69 Å². The molecule has 0 heterocycles. The van der Waals surface area contributed by atoms with Gasteiger partial charge in [-0.3, -0.25) is 4.79 Å². The zero-order valence-corrected chi connectivity index (χ0v) is 10.9. The number of carbonyl (C=O) groups is 1. The van der Waals surface area contributed by atoms with Crippen LogP contribution in [0.3, 0.4) is 0 Å². The quantitative estimate of drug-likeness (QED) is 0.496. The van der Waals surface area contributed by atoms with Crippen molar-refractivity contribution < 1.29 is 4.79 Å². The molecule has 0 aromatic heterocycles. The molecule has 0 spiro atoms. The van der Waals surface area contributed by atoms with Crippen molar-refractivity contribution in [2.45, 2.75) is 0 Å². The van der Waals surface area contributed by atoms with E-state index in [0.29, 0.717) is 17.4 Å². The summed E-state index contributed by atoms with van der Waals surface area (Å²) in [6, 6.07) is 8.70. The molecule has 0 aliphatic heterocycles. The van der Waals surface area contributed by atoms with Crippen LogP contribution in [0.15, 0.2) is 36.0 Å². The molecule has 6 heteroatoms. The zero-order chi connectivity index (χ0) is 13.4. The molecule has 0 fully saturated rings. The molecule has 2 N–H and O–H groups in total. The average molecular weight is 284 g/mol. The number of anilines is 1. The van der Waals surface area contributed by atoms with Gasteiger partial charge in [0.25, 0.3) is 5.91 Å². The van der Waals surface area contributed by atoms with Crippen molar-refractivity contribution in [3.8, 4) is 6.07 Å². The first-order chi connectivity index (χ1) is 8.67. The van der Waals surface area contributed by atoms with Crippen molar-refractivity contribution >= 4 is 34.8 Å². The van der Waals surface area contributed by atoms with Gasteiger partial charge in [-0.25, -0.2) is 0 Å². The van der Waals surface area contributed by atoms with Crippen LogP contribution in [0.2, 0.25) is 5.02 Å². The number of hydrogen-bond acceptors (Lipinski definition) is 3. The molecule has 0 saturated heterocycles. The fraction of sp³-hybridized carbons (Fsp3) is 0.167. The number of rotatable bonds is 5. The van der Waals surface area contributed by atoms with E-state index >= 15 is 0 Å². The van der Waals surface area contributed by atoms with E-state index in [9.17, 15) is 4.79 Å². The molecule has 0 radical (unpaired) electrons. The van der Waals surface area contributed by atoms with E-state index in [1.807, 2.05) is 6.07 Å². The van der Waals surface area contributed by atoms with E-state index in [4.69, 9.17) is 28.5 Å². The lowest BCUT2D eigenvalue weighted by Gasteiger charge is -2.03. The van der Waals surface area contributed by atoms with Crippen molar-refractivity contribution in [1.29, 1.82) is 5.26 Å². The Balaban J connectivity index is 2.66. The zero-order valence-electron chi connectivity index (χ0n) is 9.41. The summed E-state index contributed by atoms with van der Waals surface area (Å²) in [4.78, 5) is 11.5. The second-order valence-corrected chi connectivity index (χ2v) is 4.08. The fourth-order valence-corrected chi connectivity index (χ4v) is 1.33. The number of nitrogens with one attached hydrogen (secondary N) is 2. The Labute approximate surface area is 115 Å². The molecule has 1 aromatic carbocycles. The third-order valence-corrected chi connectivity index (χ3v) is 2.41. The number of hydrogen-bond donors (Lipinski definition) is 2. The smallest absolute Gasteiger partial charge is 0.263 e. The van der Waals surface area contributed by atoms with Gasteiger partial charge >= 0.3 is 0 Å². The predicted molar refractivity (Wildman–Crippen MR) is 72.5 cm³/mol. The minimum Gasteiger partial charge on any atom is -0.360 e. The van der Waals surface area contributed by atoms with Crippen LogP contribution in [0.25, 0.3) is 0 Å². The van der Waals surface area contributed by atoms with Crippen LogP contribution in [-0.2, 0) is 4.79 Å². The number of halogens is 2. The Hall–Kier alpha value is -1.70. The Morgan fingerprint density at radius 2 is 2.06 bits per heavy atom. The molecule has 0 unspecified atom stereocenters. The normalized spacial score (nSPS) is 10.6. The number of benzene rings is 1. The van der Waals surface area contributed by atoms with Crippen LogP contribution in [-0.4, -0.2) is 18.3 Å². The summed E-state index contributed by atoms with van der Waals surface area (Å²) in [7, 11) is 0. The summed E-state index contributed by atoms with van der Waals surface area (Å²) in [5.74, 6) is -0.158. The summed E-state index contributed by atoms with van der Waals surface area (Å²) in [5, 5.41) is 14.8. The second kappa shape index (κ2) is 7.59. The van der Waals surface area contributed by atoms with Crippen molar-refractivity contribution in [3.63, 3.8) is 0 Å². The van der Waals surface area contributed by atoms with Crippen LogP contribution in [0.1, 0.15) is 0 Å². The first kappa shape index (κ1) is 14.4. The molecule has 18 heavy (non-hydrogen) atoms. The van der Waals surface area contributed by atoms with E-state index in [0.717, 1.165) is 5.69 Å². The summed E-state index contributed by atoms with van der Waals surface area (Å²) in [6.45, 7) is 0.320. The van der Waals surface area contributed by atoms with Crippen LogP contribution in [0.5, 0.6) is 0 Å². The number of amides is 1. The molecule has 0 bridgehead atoms. The predicted octanol–water partition coefficient (Wildman–Crippen LogP) is 2.51. The average Bonchev–Trinajstić information content (AvgIpc) is 2.39. The molecule has 94 valence electrons. The van der Waals surface area contributed by atoms with Crippen molar-refractivity contribution in [1.82, 2.24) is 5.32 Å². The maximum atomic E-state index is 11.5. The van der Waals surface area contributed by atoms with Gasteiger partial charge in [0.05, 0.1) is 0 Å². The summed E-state index contributed by atoms with van der Waals surface area (Å²) in [5.41, 5.74) is 0.715. The molecule has 1 amide bonds. The van der Waals surface area contributed by atoms with Crippen LogP contribution in [0, 0.1) is 11.3 Å². The van der Waals surface area contributed by atoms with Gasteiger partial charge in [-0.15, -0.1) is 11.6 Å². The van der Waals surface area contributed by atoms with Gasteiger partial charge < -0.3 is 10.6 Å². The van der Waals surface area contributed by atoms with Gasteiger partial charge in [0.15, 0.2) is 0 Å². The maximum Gasteiger partial charge on any atom is 0.263 e. The van der Waals surface area contributed by atoms with E-state index in [1.54, 1.807) is 24.3 Å². The Bertz CT molecular complexity index is 477. The van der Waals surface area contributed by atoms with Crippen molar-refractivity contribution in [3.05, 3.63) is 41.1 Å². The van der Waals surface area contributed by atoms with E-state index < -0.39 is 5.91 Å². The van der Waals surface area contributed by atoms with Gasteiger partial charge in [-0.05, 0) is 24.3 Å². The number of nitrogens with zero attached hydrogens (tertiary/aromatic N) is 1. The van der Waals surface area contributed by atoms with Crippen molar-refractivity contribution in [2.24, 2.45) is 0 Å². The topological polar surface area (TPSA) is 64.9 Å². The van der Waals surface area contributed by atoms with Crippen LogP contribution >= 0.6 is 23.2 Å². The first-order valence-corrected chi connectivity index (χ1v) is 6.05. The molecule has 0 aliphatic rings. The number of nitriles is 1. The fourth-order valence-electron chi connectivity index (χ4n) is 1.11. The first-order valence-electron chi connectivity index (χ1n) is 5.14. The molecular formula is C12H11Cl2N3O. The minimum absolute atomic E-state index is 0.0185. The molecule has 0 atom stereocenters. The Morgan fingerprint density at radius 3 is 2.61 bits per heavy atom. The number of alkyl halides is 1. The third-order valence-electron chi connectivity index (χ3n) is 1.97. The van der Waals surface area contributed by atoms with Gasteiger partial charge in [0, 0.05) is 29.3 Å². The summed E-state index contributed by atoms with van der Waals surface area (Å²) < 4.78 is 0. The largest absolute Gasteiger partial charge is 0.360 e. The highest BCUT2D eigenvalue weighted by molar-refractivity contribution is 6.30. The van der Waals surface area contributed by atoms with Crippen LogP contribution < -0.4 is 10.6 Å². The lowest BCUT2D eigenvalue weighted by molar-refractivity contribution is -0.117. The molecule has 1 rings (SSSR count). The lowest BCUT2D eigenvalue weighted by Crippen LogP contribution is -2.26. The van der Waals surface area contributed by atoms with Gasteiger partial charge in [0.1, 0.15) is 11.6 Å². The van der Waals surface area contributed by atoms with Gasteiger partial charge in [0.2, 0.25) is 0 Å². The lowest BCUT2D eigenvalue weighted by atomic mass is 10.3. The second-order valence-electron chi connectivity index (χ2n) is 3.27. The molecule has 1 aromatic rings. The Kier molecular flexibility index (Phi) is 6.06. The maximum absolute atomic E-state index is 11.5. The minimum atomic E-state index is -0.459. The van der Waals surface area contributed by atoms with E-state index in [2.05, 4.69) is 10.6 Å².